The van der Waals surface area contributed by atoms with Gasteiger partial charge in [-0.15, -0.1) is 0 Å². The number of hydrogen-bond acceptors (Lipinski definition) is 5. The Morgan fingerprint density at radius 3 is 2.77 bits per heavy atom. The molecule has 0 bridgehead atoms. The lowest BCUT2D eigenvalue weighted by Crippen LogP contribution is -2.18. The van der Waals surface area contributed by atoms with Gasteiger partial charge in [-0.05, 0) is 30.5 Å². The third-order valence-corrected chi connectivity index (χ3v) is 4.80. The summed E-state index contributed by atoms with van der Waals surface area (Å²) in [5.41, 5.74) is 5.21. The summed E-state index contributed by atoms with van der Waals surface area (Å²) in [4.78, 5) is 16.3. The molecule has 0 saturated heterocycles. The van der Waals surface area contributed by atoms with E-state index in [0.717, 1.165) is 52.3 Å². The smallest absolute Gasteiger partial charge is 0.135 e. The van der Waals surface area contributed by atoms with Crippen LogP contribution in [0.25, 0.3) is 10.9 Å². The highest BCUT2D eigenvalue weighted by Gasteiger charge is 2.24. The van der Waals surface area contributed by atoms with Crippen molar-refractivity contribution in [3.05, 3.63) is 58.7 Å². The average Bonchev–Trinajstić information content (AvgIpc) is 3.03. The summed E-state index contributed by atoms with van der Waals surface area (Å²) in [5.74, 6) is 2.29. The van der Waals surface area contributed by atoms with E-state index in [-0.39, 0.29) is 6.61 Å². The number of aliphatic hydroxyl groups is 1. The summed E-state index contributed by atoms with van der Waals surface area (Å²) in [5, 5.41) is 10.9. The minimum atomic E-state index is -0.0245. The van der Waals surface area contributed by atoms with E-state index < -0.39 is 0 Å². The van der Waals surface area contributed by atoms with Crippen molar-refractivity contribution >= 4 is 16.7 Å². The average molecular weight is 348 g/mol. The second kappa shape index (κ2) is 6.65. The van der Waals surface area contributed by atoms with Crippen LogP contribution in [0.3, 0.4) is 0 Å². The molecule has 1 aliphatic heterocycles. The van der Waals surface area contributed by atoms with Crippen molar-refractivity contribution in [1.29, 1.82) is 0 Å². The Balaban J connectivity index is 1.69. The second-order valence-electron chi connectivity index (χ2n) is 7.54. The molecule has 4 rings (SSSR count). The molecule has 3 heterocycles. The first-order valence-corrected chi connectivity index (χ1v) is 9.13. The summed E-state index contributed by atoms with van der Waals surface area (Å²) in [6.45, 7) is 7.84. The van der Waals surface area contributed by atoms with Gasteiger partial charge >= 0.3 is 0 Å². The van der Waals surface area contributed by atoms with Crippen LogP contribution in [0.5, 0.6) is 0 Å². The van der Waals surface area contributed by atoms with Gasteiger partial charge in [0.1, 0.15) is 11.6 Å². The highest BCUT2D eigenvalue weighted by atomic mass is 16.3. The monoisotopic (exact) mass is 348 g/mol. The van der Waals surface area contributed by atoms with Crippen LogP contribution in [0.4, 0.5) is 5.82 Å². The molecule has 0 unspecified atom stereocenters. The third kappa shape index (κ3) is 3.15. The van der Waals surface area contributed by atoms with E-state index >= 15 is 0 Å². The van der Waals surface area contributed by atoms with Crippen molar-refractivity contribution in [3.8, 4) is 0 Å². The molecule has 0 radical (unpaired) electrons. The van der Waals surface area contributed by atoms with E-state index in [1.807, 2.05) is 12.3 Å². The fraction of sp³-hybridized carbons (Fsp3) is 0.381. The Morgan fingerprint density at radius 1 is 1.15 bits per heavy atom. The Kier molecular flexibility index (Phi) is 4.32. The van der Waals surface area contributed by atoms with Gasteiger partial charge in [0, 0.05) is 35.7 Å². The summed E-state index contributed by atoms with van der Waals surface area (Å²) in [6, 6.07) is 8.26. The fourth-order valence-corrected chi connectivity index (χ4v) is 3.51. The standard InChI is InChI=1S/C21H24N4O/c1-13(2)6-20-22-9-17-10-25(11-19(17)23-20)21-16(12-26)8-15-5-4-14(3)7-18(15)24-21/h4-5,7-9,13,26H,6,10-12H2,1-3H3. The van der Waals surface area contributed by atoms with Gasteiger partial charge in [0.15, 0.2) is 0 Å². The quantitative estimate of drug-likeness (QED) is 0.781. The number of aliphatic hydroxyl groups excluding tert-OH is 1. The van der Waals surface area contributed by atoms with Crippen molar-refractivity contribution in [2.24, 2.45) is 5.92 Å². The van der Waals surface area contributed by atoms with Crippen LogP contribution in [0.1, 0.15) is 42.1 Å². The van der Waals surface area contributed by atoms with Crippen LogP contribution < -0.4 is 4.90 Å². The normalized spacial score (nSPS) is 13.7. The highest BCUT2D eigenvalue weighted by molar-refractivity contribution is 5.82. The van der Waals surface area contributed by atoms with Crippen LogP contribution in [-0.4, -0.2) is 20.1 Å². The topological polar surface area (TPSA) is 62.1 Å². The van der Waals surface area contributed by atoms with Gasteiger partial charge in [0.05, 0.1) is 24.4 Å². The number of hydrogen-bond donors (Lipinski definition) is 1. The molecule has 1 N–H and O–H groups in total. The SMILES string of the molecule is Cc1ccc2cc(CO)c(N3Cc4cnc(CC(C)C)nc4C3)nc2c1. The second-order valence-corrected chi connectivity index (χ2v) is 7.54. The zero-order valence-corrected chi connectivity index (χ0v) is 15.5. The van der Waals surface area contributed by atoms with Gasteiger partial charge in [-0.3, -0.25) is 0 Å². The molecule has 3 aromatic rings. The maximum atomic E-state index is 9.86. The molecular weight excluding hydrogens is 324 g/mol. The van der Waals surface area contributed by atoms with Crippen LogP contribution >= 0.6 is 0 Å². The summed E-state index contributed by atoms with van der Waals surface area (Å²) in [7, 11) is 0. The molecule has 2 aromatic heterocycles. The molecule has 26 heavy (non-hydrogen) atoms. The number of nitrogens with zero attached hydrogens (tertiary/aromatic N) is 4. The number of pyridine rings is 1. The van der Waals surface area contributed by atoms with Crippen molar-refractivity contribution in [2.45, 2.75) is 46.9 Å². The molecular formula is C21H24N4O. The summed E-state index contributed by atoms with van der Waals surface area (Å²) >= 11 is 0. The van der Waals surface area contributed by atoms with Crippen LogP contribution in [0.2, 0.25) is 0 Å². The molecule has 5 nitrogen and oxygen atoms in total. The van der Waals surface area contributed by atoms with E-state index in [4.69, 9.17) is 9.97 Å². The minimum Gasteiger partial charge on any atom is -0.392 e. The maximum Gasteiger partial charge on any atom is 0.135 e. The number of aryl methyl sites for hydroxylation is 1. The molecule has 1 aromatic carbocycles. The number of fused-ring (bicyclic) bond motifs is 2. The maximum absolute atomic E-state index is 9.86. The van der Waals surface area contributed by atoms with Crippen molar-refractivity contribution < 1.29 is 5.11 Å². The summed E-state index contributed by atoms with van der Waals surface area (Å²) < 4.78 is 0. The molecule has 0 saturated carbocycles. The van der Waals surface area contributed by atoms with Gasteiger partial charge in [-0.1, -0.05) is 26.0 Å². The zero-order valence-electron chi connectivity index (χ0n) is 15.5. The molecule has 134 valence electrons. The van der Waals surface area contributed by atoms with Gasteiger partial charge in [-0.2, -0.15) is 0 Å². The van der Waals surface area contributed by atoms with Gasteiger partial charge < -0.3 is 10.0 Å². The predicted octanol–water partition coefficient (Wildman–Crippen LogP) is 3.54. The Morgan fingerprint density at radius 2 is 2.00 bits per heavy atom. The van der Waals surface area contributed by atoms with E-state index in [9.17, 15) is 5.11 Å². The molecule has 0 aliphatic carbocycles. The Labute approximate surface area is 153 Å². The first-order valence-electron chi connectivity index (χ1n) is 9.13. The Hall–Kier alpha value is -2.53. The molecule has 0 amide bonds. The first kappa shape index (κ1) is 16.9. The zero-order chi connectivity index (χ0) is 18.3. The molecule has 0 spiro atoms. The molecule has 0 fully saturated rings. The van der Waals surface area contributed by atoms with Crippen molar-refractivity contribution in [1.82, 2.24) is 15.0 Å². The third-order valence-electron chi connectivity index (χ3n) is 4.80. The number of anilines is 1. The first-order chi connectivity index (χ1) is 12.5. The highest BCUT2D eigenvalue weighted by Crippen LogP contribution is 2.31. The van der Waals surface area contributed by atoms with E-state index in [0.29, 0.717) is 12.5 Å². The minimum absolute atomic E-state index is 0.0245. The number of benzene rings is 1. The van der Waals surface area contributed by atoms with E-state index in [1.165, 1.54) is 5.56 Å². The number of rotatable bonds is 4. The van der Waals surface area contributed by atoms with Gasteiger partial charge in [0.2, 0.25) is 0 Å². The molecule has 5 heteroatoms. The fourth-order valence-electron chi connectivity index (χ4n) is 3.51. The largest absolute Gasteiger partial charge is 0.392 e. The Bertz CT molecular complexity index is 968. The lowest BCUT2D eigenvalue weighted by Gasteiger charge is -2.20. The lowest BCUT2D eigenvalue weighted by molar-refractivity contribution is 0.282. The van der Waals surface area contributed by atoms with Gasteiger partial charge in [0.25, 0.3) is 0 Å². The molecule has 1 aliphatic rings. The lowest BCUT2D eigenvalue weighted by atomic mass is 10.1. The van der Waals surface area contributed by atoms with Crippen LogP contribution in [-0.2, 0) is 26.1 Å². The van der Waals surface area contributed by atoms with Crippen molar-refractivity contribution in [3.63, 3.8) is 0 Å². The molecule has 0 atom stereocenters. The van der Waals surface area contributed by atoms with Gasteiger partial charge in [-0.25, -0.2) is 15.0 Å². The van der Waals surface area contributed by atoms with E-state index in [1.54, 1.807) is 0 Å². The van der Waals surface area contributed by atoms with Crippen LogP contribution in [0, 0.1) is 12.8 Å². The van der Waals surface area contributed by atoms with E-state index in [2.05, 4.69) is 48.9 Å². The van der Waals surface area contributed by atoms with Crippen LogP contribution in [0.15, 0.2) is 30.5 Å². The predicted molar refractivity (Wildman–Crippen MR) is 103 cm³/mol. The van der Waals surface area contributed by atoms with Crippen molar-refractivity contribution in [2.75, 3.05) is 4.90 Å². The summed E-state index contributed by atoms with van der Waals surface area (Å²) in [6.07, 6.45) is 2.84. The number of aromatic nitrogens is 3.